The fourth-order valence-corrected chi connectivity index (χ4v) is 7.88. The van der Waals surface area contributed by atoms with Gasteiger partial charge in [0.1, 0.15) is 11.3 Å². The summed E-state index contributed by atoms with van der Waals surface area (Å²) in [7, 11) is 3.69. The van der Waals surface area contributed by atoms with E-state index >= 15 is 0 Å². The number of nitrogens with two attached hydrogens (primary N) is 1. The lowest BCUT2D eigenvalue weighted by atomic mass is 10.1. The number of carbonyl (C=O) groups excluding carboxylic acids is 1. The summed E-state index contributed by atoms with van der Waals surface area (Å²) in [6, 6.07) is 6.27. The number of rotatable bonds is 6. The quantitative estimate of drug-likeness (QED) is 0.326. The van der Waals surface area contributed by atoms with Crippen LogP contribution in [-0.2, 0) is 13.6 Å². The number of hydrogen-bond donors (Lipinski definition) is 2. The minimum atomic E-state index is 0.0208. The summed E-state index contributed by atoms with van der Waals surface area (Å²) < 4.78 is 11.6. The van der Waals surface area contributed by atoms with Gasteiger partial charge in [0.15, 0.2) is 5.82 Å². The van der Waals surface area contributed by atoms with Crippen LogP contribution >= 0.6 is 11.3 Å². The molecule has 0 unspecified atom stereocenters. The number of hydrogen-bond acceptors (Lipinski definition) is 6. The Labute approximate surface area is 229 Å². The van der Waals surface area contributed by atoms with Gasteiger partial charge in [0.2, 0.25) is 0 Å². The van der Waals surface area contributed by atoms with E-state index in [4.69, 9.17) is 15.5 Å². The summed E-state index contributed by atoms with van der Waals surface area (Å²) in [5.74, 6) is 2.65. The van der Waals surface area contributed by atoms with Crippen molar-refractivity contribution < 1.29 is 9.53 Å². The summed E-state index contributed by atoms with van der Waals surface area (Å²) in [6.07, 6.45) is 8.45. The van der Waals surface area contributed by atoms with E-state index in [1.807, 2.05) is 36.5 Å². The zero-order valence-electron chi connectivity index (χ0n) is 22.1. The van der Waals surface area contributed by atoms with Gasteiger partial charge in [0.25, 0.3) is 5.91 Å². The van der Waals surface area contributed by atoms with Gasteiger partial charge in [-0.3, -0.25) is 9.89 Å². The normalized spacial score (nSPS) is 22.5. The molecule has 3 N–H and O–H groups in total. The van der Waals surface area contributed by atoms with Gasteiger partial charge in [-0.25, -0.2) is 4.98 Å². The second-order valence-corrected chi connectivity index (χ2v) is 12.3. The number of imidazole rings is 1. The molecule has 10 heteroatoms. The van der Waals surface area contributed by atoms with E-state index in [2.05, 4.69) is 30.8 Å². The molecule has 5 heterocycles. The van der Waals surface area contributed by atoms with Gasteiger partial charge in [-0.1, -0.05) is 0 Å². The molecule has 9 nitrogen and oxygen atoms in total. The second-order valence-electron chi connectivity index (χ2n) is 11.4. The lowest BCUT2D eigenvalue weighted by Gasteiger charge is -2.27. The van der Waals surface area contributed by atoms with Crippen molar-refractivity contribution in [1.82, 2.24) is 29.2 Å². The number of piperidine rings is 1. The highest BCUT2D eigenvalue weighted by Crippen LogP contribution is 2.43. The number of aromatic nitrogens is 5. The van der Waals surface area contributed by atoms with E-state index in [1.54, 1.807) is 18.4 Å². The first kappa shape index (κ1) is 23.3. The molecule has 1 aliphatic heterocycles. The van der Waals surface area contributed by atoms with Crippen molar-refractivity contribution in [3.05, 3.63) is 41.5 Å². The molecular formula is C29H31N7O2S. The third kappa shape index (κ3) is 3.44. The van der Waals surface area contributed by atoms with Gasteiger partial charge in [-0.15, -0.1) is 11.3 Å². The molecule has 2 saturated carbocycles. The Balaban J connectivity index is 1.26. The number of likely N-dealkylation sites (tertiary alicyclic amines) is 1. The first-order chi connectivity index (χ1) is 19.0. The van der Waals surface area contributed by atoms with Gasteiger partial charge >= 0.3 is 0 Å². The van der Waals surface area contributed by atoms with Crippen LogP contribution in [0.2, 0.25) is 0 Å². The predicted octanol–water partition coefficient (Wildman–Crippen LogP) is 4.63. The zero-order chi connectivity index (χ0) is 26.4. The molecule has 3 aliphatic rings. The third-order valence-corrected chi connectivity index (χ3v) is 10.0. The van der Waals surface area contributed by atoms with Crippen LogP contribution < -0.4 is 10.5 Å². The monoisotopic (exact) mass is 541 g/mol. The molecular weight excluding hydrogens is 510 g/mol. The number of carbonyl (C=O) groups is 1. The maximum atomic E-state index is 13.6. The second kappa shape index (κ2) is 8.43. The van der Waals surface area contributed by atoms with Gasteiger partial charge in [0.05, 0.1) is 34.7 Å². The molecule has 1 aromatic carbocycles. The average Bonchev–Trinajstić information content (AvgIpc) is 3.47. The van der Waals surface area contributed by atoms with E-state index in [0.717, 1.165) is 54.0 Å². The van der Waals surface area contributed by atoms with Crippen LogP contribution in [0.1, 0.15) is 36.0 Å². The molecule has 1 saturated heterocycles. The molecule has 0 radical (unpaired) electrons. The fourth-order valence-electron chi connectivity index (χ4n) is 6.87. The Morgan fingerprint density at radius 2 is 2.08 bits per heavy atom. The van der Waals surface area contributed by atoms with Crippen LogP contribution in [0.25, 0.3) is 43.9 Å². The molecule has 2 aliphatic carbocycles. The van der Waals surface area contributed by atoms with E-state index in [0.29, 0.717) is 23.1 Å². The summed E-state index contributed by atoms with van der Waals surface area (Å²) in [4.78, 5) is 20.7. The minimum absolute atomic E-state index is 0.0208. The Morgan fingerprint density at radius 3 is 2.77 bits per heavy atom. The van der Waals surface area contributed by atoms with Crippen LogP contribution in [0, 0.1) is 11.8 Å². The molecule has 0 spiro atoms. The van der Waals surface area contributed by atoms with Gasteiger partial charge in [0, 0.05) is 60.5 Å². The van der Waals surface area contributed by atoms with E-state index in [1.165, 1.54) is 28.6 Å². The van der Waals surface area contributed by atoms with Crippen LogP contribution in [0.4, 0.5) is 0 Å². The highest BCUT2D eigenvalue weighted by Gasteiger charge is 2.47. The SMILES string of the molecule is COc1cc(C(=O)N2C[C@H]3CC[C@@H]2[C@@H]3N)cc2nc(-c3cc4scc(-c5cn[nH]c5)c4n3CC3CC3)n(C)c12. The number of fused-ring (bicyclic) bond motifs is 4. The number of methoxy groups -OCH3 is 1. The number of aromatic amines is 1. The molecule has 39 heavy (non-hydrogen) atoms. The van der Waals surface area contributed by atoms with Crippen molar-refractivity contribution in [3.63, 3.8) is 0 Å². The average molecular weight is 542 g/mol. The number of aryl methyl sites for hydroxylation is 1. The van der Waals surface area contributed by atoms with Crippen LogP contribution in [0.15, 0.2) is 36.0 Å². The third-order valence-electron chi connectivity index (χ3n) is 9.11. The molecule has 1 amide bonds. The summed E-state index contributed by atoms with van der Waals surface area (Å²) in [5.41, 5.74) is 13.3. The van der Waals surface area contributed by atoms with Crippen LogP contribution in [0.3, 0.4) is 0 Å². The summed E-state index contributed by atoms with van der Waals surface area (Å²) >= 11 is 1.75. The first-order valence-electron chi connectivity index (χ1n) is 13.7. The number of thiophene rings is 1. The first-order valence-corrected chi connectivity index (χ1v) is 14.6. The largest absolute Gasteiger partial charge is 0.494 e. The Bertz CT molecular complexity index is 1740. The molecule has 3 fully saturated rings. The lowest BCUT2D eigenvalue weighted by Crippen LogP contribution is -2.41. The summed E-state index contributed by atoms with van der Waals surface area (Å²) in [6.45, 7) is 1.70. The van der Waals surface area contributed by atoms with Crippen molar-refractivity contribution in [3.8, 4) is 28.4 Å². The van der Waals surface area contributed by atoms with Crippen molar-refractivity contribution in [2.24, 2.45) is 24.6 Å². The van der Waals surface area contributed by atoms with E-state index in [-0.39, 0.29) is 18.0 Å². The number of ether oxygens (including phenoxy) is 1. The molecule has 4 aromatic heterocycles. The smallest absolute Gasteiger partial charge is 0.254 e. The van der Waals surface area contributed by atoms with E-state index < -0.39 is 0 Å². The van der Waals surface area contributed by atoms with Gasteiger partial charge in [-0.05, 0) is 55.7 Å². The van der Waals surface area contributed by atoms with E-state index in [9.17, 15) is 4.79 Å². The number of amides is 1. The van der Waals surface area contributed by atoms with Gasteiger partial charge in [-0.2, -0.15) is 5.10 Å². The number of H-pyrrole nitrogens is 1. The van der Waals surface area contributed by atoms with Crippen molar-refractivity contribution >= 4 is 38.5 Å². The molecule has 8 rings (SSSR count). The highest BCUT2D eigenvalue weighted by molar-refractivity contribution is 7.17. The fraction of sp³-hybridized carbons (Fsp3) is 0.414. The Morgan fingerprint density at radius 1 is 1.21 bits per heavy atom. The summed E-state index contributed by atoms with van der Waals surface area (Å²) in [5, 5.41) is 9.36. The topological polar surface area (TPSA) is 107 Å². The molecule has 5 aromatic rings. The van der Waals surface area contributed by atoms with Crippen LogP contribution in [0.5, 0.6) is 5.75 Å². The van der Waals surface area contributed by atoms with Crippen molar-refractivity contribution in [2.75, 3.05) is 13.7 Å². The Hall–Kier alpha value is -3.63. The lowest BCUT2D eigenvalue weighted by molar-refractivity contribution is 0.0700. The molecule has 200 valence electrons. The predicted molar refractivity (Wildman–Crippen MR) is 152 cm³/mol. The standard InChI is InChI=1S/C29H31N7O2S/c1-34-27-20(7-17(8-23(27)38-2)29(37)36-13-16-5-6-21(36)25(16)30)33-28(34)22-9-24-26(35(22)12-15-3-4-15)19(14-39-24)18-10-31-32-11-18/h7-11,14-16,21,25H,3-6,12-13,30H2,1-2H3,(H,31,32)/t16-,21-,25-/m1/s1. The minimum Gasteiger partial charge on any atom is -0.494 e. The zero-order valence-corrected chi connectivity index (χ0v) is 22.9. The Kier molecular flexibility index (Phi) is 5.03. The number of benzene rings is 1. The highest BCUT2D eigenvalue weighted by atomic mass is 32.1. The number of nitrogens with zero attached hydrogens (tertiary/aromatic N) is 5. The van der Waals surface area contributed by atoms with Crippen molar-refractivity contribution in [2.45, 2.75) is 44.3 Å². The van der Waals surface area contributed by atoms with Gasteiger partial charge < -0.3 is 24.5 Å². The maximum Gasteiger partial charge on any atom is 0.254 e. The molecule has 3 atom stereocenters. The maximum absolute atomic E-state index is 13.6. The van der Waals surface area contributed by atoms with Crippen LogP contribution in [-0.4, -0.2) is 60.9 Å². The number of nitrogens with one attached hydrogen (secondary N) is 1. The van der Waals surface area contributed by atoms with Crippen molar-refractivity contribution in [1.29, 1.82) is 0 Å². The molecule has 2 bridgehead atoms.